The van der Waals surface area contributed by atoms with Gasteiger partial charge in [-0.3, -0.25) is 4.79 Å². The maximum atomic E-state index is 11.9. The van der Waals surface area contributed by atoms with Crippen LogP contribution in [-0.2, 0) is 0 Å². The normalized spacial score (nSPS) is 10.3. The van der Waals surface area contributed by atoms with Crippen molar-refractivity contribution in [2.24, 2.45) is 0 Å². The van der Waals surface area contributed by atoms with Crippen LogP contribution in [0.15, 0.2) is 40.6 Å². The molecule has 1 amide bonds. The van der Waals surface area contributed by atoms with Crippen molar-refractivity contribution in [2.75, 3.05) is 12.3 Å². The third-order valence-corrected chi connectivity index (χ3v) is 3.24. The molecule has 2 aromatic rings. The summed E-state index contributed by atoms with van der Waals surface area (Å²) in [5.74, 6) is -0.105. The molecule has 0 spiro atoms. The van der Waals surface area contributed by atoms with Crippen LogP contribution in [0.4, 0.5) is 5.69 Å². The molecule has 0 bridgehead atoms. The summed E-state index contributed by atoms with van der Waals surface area (Å²) in [6, 6.07) is 5.22. The molecular formula is C12H14N4OS. The molecule has 0 radical (unpaired) electrons. The zero-order chi connectivity index (χ0) is 13.0. The zero-order valence-electron chi connectivity index (χ0n) is 9.93. The number of aromatic amines is 1. The van der Waals surface area contributed by atoms with Crippen molar-refractivity contribution in [2.45, 2.75) is 17.0 Å². The molecule has 1 aromatic carbocycles. The summed E-state index contributed by atoms with van der Waals surface area (Å²) in [5, 5.41) is 3.51. The summed E-state index contributed by atoms with van der Waals surface area (Å²) in [6.07, 6.45) is 3.40. The quantitative estimate of drug-likeness (QED) is 0.735. The largest absolute Gasteiger partial charge is 0.399 e. The molecule has 18 heavy (non-hydrogen) atoms. The minimum atomic E-state index is -0.105. The first-order valence-electron chi connectivity index (χ1n) is 5.55. The second-order valence-corrected chi connectivity index (χ2v) is 4.64. The number of nitrogen functional groups attached to an aromatic ring is 1. The van der Waals surface area contributed by atoms with Gasteiger partial charge in [0.2, 0.25) is 0 Å². The molecule has 1 aromatic heterocycles. The van der Waals surface area contributed by atoms with Crippen LogP contribution in [0.3, 0.4) is 0 Å². The van der Waals surface area contributed by atoms with Gasteiger partial charge in [0.05, 0.1) is 5.56 Å². The van der Waals surface area contributed by atoms with Crippen molar-refractivity contribution in [3.8, 4) is 0 Å². The highest BCUT2D eigenvalue weighted by Crippen LogP contribution is 2.29. The van der Waals surface area contributed by atoms with Crippen LogP contribution in [0, 0.1) is 0 Å². The van der Waals surface area contributed by atoms with Crippen LogP contribution < -0.4 is 11.1 Å². The van der Waals surface area contributed by atoms with Gasteiger partial charge in [0.1, 0.15) is 0 Å². The van der Waals surface area contributed by atoms with E-state index in [4.69, 9.17) is 5.73 Å². The first kappa shape index (κ1) is 12.5. The van der Waals surface area contributed by atoms with E-state index in [0.29, 0.717) is 17.8 Å². The number of aromatic nitrogens is 2. The Kier molecular flexibility index (Phi) is 3.88. The third kappa shape index (κ3) is 2.84. The van der Waals surface area contributed by atoms with E-state index in [0.717, 1.165) is 10.1 Å². The number of nitrogens with one attached hydrogen (secondary N) is 2. The number of nitrogens with zero attached hydrogens (tertiary/aromatic N) is 1. The molecule has 0 aliphatic rings. The molecule has 0 unspecified atom stereocenters. The molecule has 2 rings (SSSR count). The van der Waals surface area contributed by atoms with Crippen molar-refractivity contribution in [1.82, 2.24) is 15.3 Å². The molecule has 0 fully saturated rings. The van der Waals surface area contributed by atoms with Gasteiger partial charge in [0.25, 0.3) is 5.91 Å². The smallest absolute Gasteiger partial charge is 0.252 e. The maximum Gasteiger partial charge on any atom is 0.252 e. The maximum absolute atomic E-state index is 11.9. The number of hydrogen-bond donors (Lipinski definition) is 3. The molecular weight excluding hydrogens is 248 g/mol. The Balaban J connectivity index is 2.31. The van der Waals surface area contributed by atoms with E-state index >= 15 is 0 Å². The fraction of sp³-hybridized carbons (Fsp3) is 0.167. The first-order chi connectivity index (χ1) is 8.70. The predicted octanol–water partition coefficient (Wildman–Crippen LogP) is 1.89. The monoisotopic (exact) mass is 262 g/mol. The van der Waals surface area contributed by atoms with Gasteiger partial charge < -0.3 is 16.0 Å². The lowest BCUT2D eigenvalue weighted by Gasteiger charge is -2.08. The molecule has 6 heteroatoms. The Labute approximate surface area is 109 Å². The average Bonchev–Trinajstić information content (AvgIpc) is 2.82. The summed E-state index contributed by atoms with van der Waals surface area (Å²) in [5.41, 5.74) is 6.98. The standard InChI is InChI=1S/C12H14N4OS/c1-2-14-11(17)9-4-3-8(13)7-10(9)18-12-15-5-6-16-12/h3-7H,2,13H2,1H3,(H,14,17)(H,15,16). The molecule has 94 valence electrons. The van der Waals surface area contributed by atoms with E-state index in [1.807, 2.05) is 6.92 Å². The van der Waals surface area contributed by atoms with Crippen molar-refractivity contribution < 1.29 is 4.79 Å². The minimum absolute atomic E-state index is 0.105. The summed E-state index contributed by atoms with van der Waals surface area (Å²) >= 11 is 1.38. The van der Waals surface area contributed by atoms with Gasteiger partial charge in [-0.25, -0.2) is 4.98 Å². The number of hydrogen-bond acceptors (Lipinski definition) is 4. The Hall–Kier alpha value is -1.95. The number of benzene rings is 1. The molecule has 5 nitrogen and oxygen atoms in total. The summed E-state index contributed by atoms with van der Waals surface area (Å²) < 4.78 is 0. The van der Waals surface area contributed by atoms with E-state index < -0.39 is 0 Å². The number of imidazole rings is 1. The minimum Gasteiger partial charge on any atom is -0.399 e. The van der Waals surface area contributed by atoms with Crippen LogP contribution in [-0.4, -0.2) is 22.4 Å². The highest BCUT2D eigenvalue weighted by Gasteiger charge is 2.12. The number of anilines is 1. The van der Waals surface area contributed by atoms with Crippen LogP contribution in [0.25, 0.3) is 0 Å². The van der Waals surface area contributed by atoms with E-state index in [-0.39, 0.29) is 5.91 Å². The molecule has 0 atom stereocenters. The molecule has 4 N–H and O–H groups in total. The Morgan fingerprint density at radius 3 is 3.06 bits per heavy atom. The number of nitrogens with two attached hydrogens (primary N) is 1. The summed E-state index contributed by atoms with van der Waals surface area (Å²) in [6.45, 7) is 2.47. The van der Waals surface area contributed by atoms with E-state index in [2.05, 4.69) is 15.3 Å². The molecule has 0 saturated heterocycles. The summed E-state index contributed by atoms with van der Waals surface area (Å²) in [4.78, 5) is 19.8. The van der Waals surface area contributed by atoms with Crippen LogP contribution >= 0.6 is 11.8 Å². The summed E-state index contributed by atoms with van der Waals surface area (Å²) in [7, 11) is 0. The topological polar surface area (TPSA) is 83.8 Å². The zero-order valence-corrected chi connectivity index (χ0v) is 10.8. The second-order valence-electron chi connectivity index (χ2n) is 3.61. The second kappa shape index (κ2) is 5.59. The Morgan fingerprint density at radius 1 is 1.56 bits per heavy atom. The van der Waals surface area contributed by atoms with Crippen molar-refractivity contribution in [3.63, 3.8) is 0 Å². The fourth-order valence-corrected chi connectivity index (χ4v) is 2.39. The lowest BCUT2D eigenvalue weighted by molar-refractivity contribution is 0.0953. The Morgan fingerprint density at radius 2 is 2.39 bits per heavy atom. The SMILES string of the molecule is CCNC(=O)c1ccc(N)cc1Sc1ncc[nH]1. The van der Waals surface area contributed by atoms with E-state index in [1.165, 1.54) is 11.8 Å². The van der Waals surface area contributed by atoms with Gasteiger partial charge in [-0.2, -0.15) is 0 Å². The van der Waals surface area contributed by atoms with Crippen molar-refractivity contribution in [1.29, 1.82) is 0 Å². The Bertz CT molecular complexity index is 539. The lowest BCUT2D eigenvalue weighted by atomic mass is 10.2. The molecule has 1 heterocycles. The number of carbonyl (C=O) groups excluding carboxylic acids is 1. The van der Waals surface area contributed by atoms with E-state index in [1.54, 1.807) is 30.6 Å². The lowest BCUT2D eigenvalue weighted by Crippen LogP contribution is -2.23. The van der Waals surface area contributed by atoms with Gasteiger partial charge >= 0.3 is 0 Å². The van der Waals surface area contributed by atoms with Gasteiger partial charge in [-0.05, 0) is 25.1 Å². The van der Waals surface area contributed by atoms with Gasteiger partial charge in [-0.1, -0.05) is 11.8 Å². The van der Waals surface area contributed by atoms with Crippen molar-refractivity contribution >= 4 is 23.4 Å². The molecule has 0 aliphatic heterocycles. The third-order valence-electron chi connectivity index (χ3n) is 2.27. The fourth-order valence-electron chi connectivity index (χ4n) is 1.48. The molecule has 0 aliphatic carbocycles. The van der Waals surface area contributed by atoms with Crippen molar-refractivity contribution in [3.05, 3.63) is 36.2 Å². The highest BCUT2D eigenvalue weighted by atomic mass is 32.2. The number of rotatable bonds is 4. The van der Waals surface area contributed by atoms with E-state index in [9.17, 15) is 4.79 Å². The van der Waals surface area contributed by atoms with Crippen LogP contribution in [0.1, 0.15) is 17.3 Å². The van der Waals surface area contributed by atoms with Gasteiger partial charge in [0, 0.05) is 29.5 Å². The predicted molar refractivity (Wildman–Crippen MR) is 71.6 cm³/mol. The number of H-pyrrole nitrogens is 1. The number of amides is 1. The highest BCUT2D eigenvalue weighted by molar-refractivity contribution is 7.99. The van der Waals surface area contributed by atoms with Crippen LogP contribution in [0.5, 0.6) is 0 Å². The van der Waals surface area contributed by atoms with Gasteiger partial charge in [-0.15, -0.1) is 0 Å². The van der Waals surface area contributed by atoms with Gasteiger partial charge in [0.15, 0.2) is 5.16 Å². The van der Waals surface area contributed by atoms with Crippen LogP contribution in [0.2, 0.25) is 0 Å². The first-order valence-corrected chi connectivity index (χ1v) is 6.37. The number of carbonyl (C=O) groups is 1. The average molecular weight is 262 g/mol. The molecule has 0 saturated carbocycles.